The molecule has 2 aromatic heterocycles. The highest BCUT2D eigenvalue weighted by Gasteiger charge is 2.51. The Bertz CT molecular complexity index is 1250. The van der Waals surface area contributed by atoms with E-state index < -0.39 is 41.6 Å². The van der Waals surface area contributed by atoms with Gasteiger partial charge in [-0.3, -0.25) is 13.9 Å². The van der Waals surface area contributed by atoms with E-state index in [1.807, 2.05) is 13.8 Å². The molecule has 14 nitrogen and oxygen atoms in total. The van der Waals surface area contributed by atoms with Crippen molar-refractivity contribution in [1.29, 1.82) is 0 Å². The van der Waals surface area contributed by atoms with Crippen molar-refractivity contribution < 1.29 is 46.3 Å². The number of hydrogen-bond acceptors (Lipinski definition) is 9. The minimum Gasteiger partial charge on any atom is -0.363 e. The van der Waals surface area contributed by atoms with Crippen LogP contribution >= 0.6 is 23.2 Å². The number of ether oxygens (including phenoxy) is 1. The van der Waals surface area contributed by atoms with Gasteiger partial charge in [0.2, 0.25) is 0 Å². The van der Waals surface area contributed by atoms with E-state index in [1.54, 1.807) is 26.0 Å². The first kappa shape index (κ1) is 26.4. The van der Waals surface area contributed by atoms with Crippen molar-refractivity contribution in [3.8, 4) is 0 Å². The second kappa shape index (κ2) is 8.80. The van der Waals surface area contributed by atoms with Crippen LogP contribution in [0.2, 0.25) is 0 Å². The third-order valence-corrected chi connectivity index (χ3v) is 9.81. The molecular weight excluding hydrogens is 503 g/mol. The van der Waals surface area contributed by atoms with Crippen LogP contribution in [-0.2, 0) is 37.2 Å². The Morgan fingerprint density at radius 2 is 1.82 bits per heavy atom. The standard InChI is InChI=1S/C16H26N3O11P3/c1-9-10(2)16(4,14-7-6-12-15(20)17-11(3)18-19(12)14)28-13(9)8-27-32(23,24)30-33(25,26)29-31(5,21)22/h6-7,9-10,13H,8H2,1-5H3,(H,21,22)(H,23,24)(H,25,26)(H,17,18,20)/t9-,10+,13+,16+/m0/s1. The highest BCUT2D eigenvalue weighted by atomic mass is 31.3. The van der Waals surface area contributed by atoms with E-state index in [9.17, 15) is 28.3 Å². The minimum atomic E-state index is -5.36. The highest BCUT2D eigenvalue weighted by molar-refractivity contribution is 7.68. The molecule has 1 saturated heterocycles. The summed E-state index contributed by atoms with van der Waals surface area (Å²) in [5.41, 5.74) is -0.366. The number of H-pyrrole nitrogens is 1. The SMILES string of the molecule is Cc1nn2c([C@]3(C)O[C@H](COP(=O)(O)OP(=O)(O)OP(C)(=O)O)[C@@H](C)[C@H]3C)ccc2c(=O)[nH]1. The van der Waals surface area contributed by atoms with Gasteiger partial charge in [-0.05, 0) is 37.8 Å². The Morgan fingerprint density at radius 1 is 1.18 bits per heavy atom. The number of aromatic nitrogens is 3. The number of fused-ring (bicyclic) bond motifs is 1. The van der Waals surface area contributed by atoms with Crippen LogP contribution in [0.25, 0.3) is 5.52 Å². The second-order valence-corrected chi connectivity index (χ2v) is 13.2. The van der Waals surface area contributed by atoms with Gasteiger partial charge in [-0.25, -0.2) is 18.0 Å². The van der Waals surface area contributed by atoms with Crippen molar-refractivity contribution in [3.63, 3.8) is 0 Å². The van der Waals surface area contributed by atoms with Crippen molar-refractivity contribution in [2.24, 2.45) is 11.8 Å². The Labute approximate surface area is 188 Å². The van der Waals surface area contributed by atoms with Crippen LogP contribution in [-0.4, -0.2) is 48.7 Å². The monoisotopic (exact) mass is 529 g/mol. The van der Waals surface area contributed by atoms with Crippen molar-refractivity contribution in [2.45, 2.75) is 39.4 Å². The molecule has 0 amide bonds. The first-order chi connectivity index (χ1) is 14.9. The summed E-state index contributed by atoms with van der Waals surface area (Å²) in [5, 5.41) is 4.35. The summed E-state index contributed by atoms with van der Waals surface area (Å²) in [6.45, 7) is 7.26. The summed E-state index contributed by atoms with van der Waals surface area (Å²) in [6, 6.07) is 3.32. The van der Waals surface area contributed by atoms with Gasteiger partial charge in [0, 0.05) is 6.66 Å². The molecule has 1 fully saturated rings. The van der Waals surface area contributed by atoms with E-state index in [2.05, 4.69) is 18.7 Å². The van der Waals surface area contributed by atoms with Gasteiger partial charge in [0.25, 0.3) is 5.56 Å². The van der Waals surface area contributed by atoms with Crippen molar-refractivity contribution in [3.05, 3.63) is 34.0 Å². The molecule has 0 aromatic carbocycles. The molecule has 4 N–H and O–H groups in total. The molecule has 2 aromatic rings. The van der Waals surface area contributed by atoms with E-state index in [0.717, 1.165) is 0 Å². The third-order valence-electron chi connectivity index (χ3n) is 5.64. The van der Waals surface area contributed by atoms with Crippen LogP contribution in [0.15, 0.2) is 16.9 Å². The summed E-state index contributed by atoms with van der Waals surface area (Å²) in [6.07, 6.45) is -0.753. The summed E-state index contributed by atoms with van der Waals surface area (Å²) in [5.74, 6) is 0.00649. The predicted octanol–water partition coefficient (Wildman–Crippen LogP) is 2.28. The molecule has 186 valence electrons. The summed E-state index contributed by atoms with van der Waals surface area (Å²) in [4.78, 5) is 43.1. The van der Waals surface area contributed by atoms with Crippen LogP contribution in [0, 0.1) is 18.8 Å². The molecule has 0 spiro atoms. The Balaban J connectivity index is 1.79. The first-order valence-electron chi connectivity index (χ1n) is 9.74. The number of aromatic amines is 1. The van der Waals surface area contributed by atoms with E-state index in [0.29, 0.717) is 23.7 Å². The number of nitrogens with one attached hydrogen (secondary N) is 1. The molecule has 3 rings (SSSR count). The molecule has 7 atom stereocenters. The van der Waals surface area contributed by atoms with Crippen LogP contribution in [0.3, 0.4) is 0 Å². The lowest BCUT2D eigenvalue weighted by Crippen LogP contribution is -2.31. The summed E-state index contributed by atoms with van der Waals surface area (Å²) >= 11 is 0. The van der Waals surface area contributed by atoms with Gasteiger partial charge in [0.15, 0.2) is 0 Å². The molecular formula is C16H26N3O11P3. The predicted molar refractivity (Wildman–Crippen MR) is 115 cm³/mol. The van der Waals surface area contributed by atoms with Crippen molar-refractivity contribution in [1.82, 2.24) is 14.6 Å². The van der Waals surface area contributed by atoms with Gasteiger partial charge in [-0.2, -0.15) is 9.41 Å². The lowest BCUT2D eigenvalue weighted by Gasteiger charge is -2.29. The number of rotatable bonds is 8. The topological polar surface area (TPSA) is 199 Å². The van der Waals surface area contributed by atoms with Crippen molar-refractivity contribution in [2.75, 3.05) is 13.3 Å². The smallest absolute Gasteiger partial charge is 0.363 e. The molecule has 33 heavy (non-hydrogen) atoms. The minimum absolute atomic E-state index is 0.169. The fourth-order valence-corrected chi connectivity index (χ4v) is 7.33. The van der Waals surface area contributed by atoms with Gasteiger partial charge in [0.1, 0.15) is 16.9 Å². The lowest BCUT2D eigenvalue weighted by atomic mass is 9.81. The molecule has 0 saturated carbocycles. The second-order valence-electron chi connectivity index (χ2n) is 8.17. The molecule has 0 radical (unpaired) electrons. The molecule has 3 heterocycles. The number of hydrogen-bond donors (Lipinski definition) is 4. The summed E-state index contributed by atoms with van der Waals surface area (Å²) < 4.78 is 55.4. The number of phosphoric acid groups is 2. The Morgan fingerprint density at radius 3 is 2.42 bits per heavy atom. The van der Waals surface area contributed by atoms with E-state index in [1.165, 1.54) is 4.52 Å². The Hall–Kier alpha value is -1.17. The van der Waals surface area contributed by atoms with Crippen LogP contribution in [0.1, 0.15) is 32.3 Å². The average molecular weight is 529 g/mol. The van der Waals surface area contributed by atoms with Crippen LogP contribution in [0.5, 0.6) is 0 Å². The van der Waals surface area contributed by atoms with Crippen LogP contribution in [0.4, 0.5) is 0 Å². The molecule has 1 aliphatic heterocycles. The number of phosphoric ester groups is 1. The maximum absolute atomic E-state index is 12.2. The highest BCUT2D eigenvalue weighted by Crippen LogP contribution is 2.66. The molecule has 0 bridgehead atoms. The molecule has 0 aliphatic carbocycles. The van der Waals surface area contributed by atoms with Gasteiger partial charge >= 0.3 is 23.2 Å². The van der Waals surface area contributed by atoms with Gasteiger partial charge < -0.3 is 24.4 Å². The Kier molecular flexibility index (Phi) is 7.05. The van der Waals surface area contributed by atoms with Gasteiger partial charge in [-0.15, -0.1) is 0 Å². The zero-order valence-electron chi connectivity index (χ0n) is 18.4. The third kappa shape index (κ3) is 5.74. The largest absolute Gasteiger partial charge is 0.488 e. The number of nitrogens with zero attached hydrogens (tertiary/aromatic N) is 2. The fourth-order valence-electron chi connectivity index (χ4n) is 3.85. The molecule has 3 unspecified atom stereocenters. The quantitative estimate of drug-likeness (QED) is 0.364. The van der Waals surface area contributed by atoms with Crippen LogP contribution < -0.4 is 5.56 Å². The maximum Gasteiger partial charge on any atom is 0.488 e. The maximum atomic E-state index is 12.2. The zero-order chi connectivity index (χ0) is 25.0. The first-order valence-corrected chi connectivity index (χ1v) is 14.8. The van der Waals surface area contributed by atoms with E-state index in [4.69, 9.17) is 14.2 Å². The van der Waals surface area contributed by atoms with Gasteiger partial charge in [-0.1, -0.05) is 13.8 Å². The fraction of sp³-hybridized carbons (Fsp3) is 0.625. The number of aryl methyl sites for hydroxylation is 1. The molecule has 17 heteroatoms. The lowest BCUT2D eigenvalue weighted by molar-refractivity contribution is -0.0685. The molecule has 1 aliphatic rings. The average Bonchev–Trinajstić information content (AvgIpc) is 3.13. The zero-order valence-corrected chi connectivity index (χ0v) is 21.1. The summed E-state index contributed by atoms with van der Waals surface area (Å²) in [7, 11) is -15.0. The van der Waals surface area contributed by atoms with Crippen molar-refractivity contribution >= 4 is 28.8 Å². The van der Waals surface area contributed by atoms with E-state index in [-0.39, 0.29) is 17.4 Å². The van der Waals surface area contributed by atoms with E-state index >= 15 is 0 Å². The van der Waals surface area contributed by atoms with Gasteiger partial charge in [0.05, 0.1) is 18.4 Å². The normalized spacial score (nSPS) is 31.2.